The first-order valence-electron chi connectivity index (χ1n) is 11.7. The molecule has 8 heteroatoms. The lowest BCUT2D eigenvalue weighted by Crippen LogP contribution is -2.54. The van der Waals surface area contributed by atoms with Gasteiger partial charge in [-0.05, 0) is 92.0 Å². The topological polar surface area (TPSA) is 94.5 Å². The molecule has 0 atom stereocenters. The molecule has 0 aliphatic carbocycles. The van der Waals surface area contributed by atoms with Crippen molar-refractivity contribution in [2.24, 2.45) is 0 Å². The molecule has 0 spiro atoms. The number of unbranched alkanes of at least 4 members (excludes halogenated alkanes) is 1. The number of carboxylic acid groups (broad SMARTS) is 1. The van der Waals surface area contributed by atoms with Gasteiger partial charge in [0.2, 0.25) is 0 Å². The van der Waals surface area contributed by atoms with E-state index in [1.165, 1.54) is 22.6 Å². The summed E-state index contributed by atoms with van der Waals surface area (Å²) in [5.41, 5.74) is 4.64. The van der Waals surface area contributed by atoms with E-state index < -0.39 is 17.8 Å². The SMILES string of the molecule is CCCCc1ccc(N2C(=O)/C(=C\c3cc(C)n(-c4cccc(C(=O)[O-])c4)c3C)C(=O)NC2=S)cc1. The van der Waals surface area contributed by atoms with Crippen LogP contribution >= 0.6 is 12.2 Å². The van der Waals surface area contributed by atoms with E-state index in [0.29, 0.717) is 16.9 Å². The summed E-state index contributed by atoms with van der Waals surface area (Å²) in [6.45, 7) is 5.84. The third-order valence-electron chi connectivity index (χ3n) is 6.23. The van der Waals surface area contributed by atoms with Crippen LogP contribution in [0.4, 0.5) is 5.69 Å². The first-order chi connectivity index (χ1) is 17.2. The van der Waals surface area contributed by atoms with Crippen LogP contribution in [-0.2, 0) is 16.0 Å². The Morgan fingerprint density at radius 2 is 1.78 bits per heavy atom. The van der Waals surface area contributed by atoms with E-state index in [1.807, 2.05) is 48.7 Å². The smallest absolute Gasteiger partial charge is 0.270 e. The van der Waals surface area contributed by atoms with Gasteiger partial charge >= 0.3 is 0 Å². The van der Waals surface area contributed by atoms with E-state index in [0.717, 1.165) is 30.7 Å². The van der Waals surface area contributed by atoms with Crippen LogP contribution < -0.4 is 15.3 Å². The molecular weight excluding hydrogens is 474 g/mol. The number of carbonyl (C=O) groups excluding carboxylic acids is 3. The van der Waals surface area contributed by atoms with Crippen molar-refractivity contribution in [3.05, 3.63) is 88.2 Å². The molecule has 1 fully saturated rings. The van der Waals surface area contributed by atoms with Crippen molar-refractivity contribution in [3.8, 4) is 5.69 Å². The van der Waals surface area contributed by atoms with Gasteiger partial charge in [0, 0.05) is 17.1 Å². The van der Waals surface area contributed by atoms with Gasteiger partial charge in [-0.25, -0.2) is 0 Å². The lowest BCUT2D eigenvalue weighted by Gasteiger charge is -2.29. The number of aryl methyl sites for hydroxylation is 2. The Morgan fingerprint density at radius 3 is 2.44 bits per heavy atom. The molecule has 1 aliphatic heterocycles. The monoisotopic (exact) mass is 500 g/mol. The molecule has 0 bridgehead atoms. The van der Waals surface area contributed by atoms with Gasteiger partial charge in [0.25, 0.3) is 11.8 Å². The van der Waals surface area contributed by atoms with Gasteiger partial charge in [-0.2, -0.15) is 0 Å². The molecule has 2 heterocycles. The van der Waals surface area contributed by atoms with Crippen molar-refractivity contribution in [1.29, 1.82) is 0 Å². The minimum absolute atomic E-state index is 0.0352. The highest BCUT2D eigenvalue weighted by molar-refractivity contribution is 7.80. The minimum Gasteiger partial charge on any atom is -0.545 e. The molecule has 4 rings (SSSR count). The first kappa shape index (κ1) is 25.1. The molecule has 1 saturated heterocycles. The summed E-state index contributed by atoms with van der Waals surface area (Å²) < 4.78 is 1.86. The van der Waals surface area contributed by atoms with E-state index in [-0.39, 0.29) is 16.2 Å². The number of nitrogens with one attached hydrogen (secondary N) is 1. The van der Waals surface area contributed by atoms with Crippen LogP contribution in [0.25, 0.3) is 11.8 Å². The zero-order valence-electron chi connectivity index (χ0n) is 20.3. The highest BCUT2D eigenvalue weighted by Gasteiger charge is 2.34. The summed E-state index contributed by atoms with van der Waals surface area (Å²) in [6.07, 6.45) is 4.68. The summed E-state index contributed by atoms with van der Waals surface area (Å²) in [7, 11) is 0. The van der Waals surface area contributed by atoms with Crippen LogP contribution in [0, 0.1) is 13.8 Å². The van der Waals surface area contributed by atoms with Crippen LogP contribution in [-0.4, -0.2) is 27.5 Å². The first-order valence-corrected chi connectivity index (χ1v) is 12.1. The number of aromatic nitrogens is 1. The van der Waals surface area contributed by atoms with Crippen LogP contribution in [0.5, 0.6) is 0 Å². The van der Waals surface area contributed by atoms with Crippen LogP contribution in [0.3, 0.4) is 0 Å². The summed E-state index contributed by atoms with van der Waals surface area (Å²) in [5.74, 6) is -2.33. The van der Waals surface area contributed by atoms with Crippen molar-refractivity contribution in [2.75, 3.05) is 4.90 Å². The summed E-state index contributed by atoms with van der Waals surface area (Å²) >= 11 is 5.32. The summed E-state index contributed by atoms with van der Waals surface area (Å²) in [5, 5.41) is 14.0. The van der Waals surface area contributed by atoms with Crippen molar-refractivity contribution in [1.82, 2.24) is 9.88 Å². The third kappa shape index (κ3) is 4.85. The van der Waals surface area contributed by atoms with E-state index in [4.69, 9.17) is 12.2 Å². The number of rotatable bonds is 7. The molecule has 0 saturated carbocycles. The highest BCUT2D eigenvalue weighted by Crippen LogP contribution is 2.27. The molecule has 36 heavy (non-hydrogen) atoms. The Bertz CT molecular complexity index is 1400. The third-order valence-corrected chi connectivity index (χ3v) is 6.51. The molecule has 1 aliphatic rings. The fraction of sp³-hybridized carbons (Fsp3) is 0.214. The fourth-order valence-electron chi connectivity index (χ4n) is 4.34. The van der Waals surface area contributed by atoms with Gasteiger partial charge in [-0.15, -0.1) is 0 Å². The lowest BCUT2D eigenvalue weighted by atomic mass is 10.1. The average Bonchev–Trinajstić information content (AvgIpc) is 3.13. The maximum atomic E-state index is 13.4. The van der Waals surface area contributed by atoms with Gasteiger partial charge in [0.15, 0.2) is 5.11 Å². The zero-order chi connectivity index (χ0) is 26.0. The Balaban J connectivity index is 1.69. The number of hydrogen-bond donors (Lipinski definition) is 1. The second-order valence-electron chi connectivity index (χ2n) is 8.73. The zero-order valence-corrected chi connectivity index (χ0v) is 21.1. The molecule has 3 aromatic rings. The maximum Gasteiger partial charge on any atom is 0.270 e. The van der Waals surface area contributed by atoms with Crippen LogP contribution in [0.1, 0.15) is 52.6 Å². The second-order valence-corrected chi connectivity index (χ2v) is 9.11. The molecule has 1 aromatic heterocycles. The molecule has 7 nitrogen and oxygen atoms in total. The number of thiocarbonyl (C=S) groups is 1. The number of carbonyl (C=O) groups is 3. The van der Waals surface area contributed by atoms with Crippen molar-refractivity contribution in [2.45, 2.75) is 40.0 Å². The number of nitrogens with zero attached hydrogens (tertiary/aromatic N) is 2. The number of anilines is 1. The molecule has 0 radical (unpaired) electrons. The van der Waals surface area contributed by atoms with Crippen LogP contribution in [0.15, 0.2) is 60.2 Å². The molecule has 0 unspecified atom stereocenters. The Kier molecular flexibility index (Phi) is 7.17. The number of carboxylic acids is 1. The van der Waals surface area contributed by atoms with Gasteiger partial charge < -0.3 is 14.5 Å². The molecule has 2 aromatic carbocycles. The summed E-state index contributed by atoms with van der Waals surface area (Å²) in [4.78, 5) is 38.8. The fourth-order valence-corrected chi connectivity index (χ4v) is 4.62. The van der Waals surface area contributed by atoms with Crippen LogP contribution in [0.2, 0.25) is 0 Å². The molecule has 1 N–H and O–H groups in total. The van der Waals surface area contributed by atoms with Crippen molar-refractivity contribution in [3.63, 3.8) is 0 Å². The number of hydrogen-bond acceptors (Lipinski definition) is 5. The minimum atomic E-state index is -1.26. The van der Waals surface area contributed by atoms with E-state index in [1.54, 1.807) is 18.2 Å². The number of amides is 2. The van der Waals surface area contributed by atoms with Crippen molar-refractivity contribution >= 4 is 46.9 Å². The van der Waals surface area contributed by atoms with E-state index >= 15 is 0 Å². The van der Waals surface area contributed by atoms with E-state index in [2.05, 4.69) is 12.2 Å². The Labute approximate surface area is 215 Å². The largest absolute Gasteiger partial charge is 0.545 e. The van der Waals surface area contributed by atoms with Gasteiger partial charge in [-0.3, -0.25) is 19.8 Å². The number of aromatic carboxylic acids is 1. The van der Waals surface area contributed by atoms with Gasteiger partial charge in [-0.1, -0.05) is 37.6 Å². The molecule has 184 valence electrons. The Morgan fingerprint density at radius 1 is 1.06 bits per heavy atom. The Hall–Kier alpha value is -4.04. The number of benzene rings is 2. The molecule has 2 amide bonds. The predicted octanol–water partition coefficient (Wildman–Crippen LogP) is 3.63. The standard InChI is InChI=1S/C28H27N3O4S/c1-4-5-7-19-10-12-22(13-11-19)31-26(33)24(25(32)29-28(31)36)16-21-14-17(2)30(18(21)3)23-9-6-8-20(15-23)27(34)35/h6,8-16H,4-5,7H2,1-3H3,(H,34,35)(H,29,32,36)/p-1/b24-16-. The lowest BCUT2D eigenvalue weighted by molar-refractivity contribution is -0.255. The average molecular weight is 501 g/mol. The maximum absolute atomic E-state index is 13.4. The quantitative estimate of drug-likeness (QED) is 0.304. The molecular formula is C28H26N3O4S-. The normalized spacial score (nSPS) is 14.9. The van der Waals surface area contributed by atoms with Gasteiger partial charge in [0.05, 0.1) is 11.7 Å². The van der Waals surface area contributed by atoms with Gasteiger partial charge in [0.1, 0.15) is 5.57 Å². The highest BCUT2D eigenvalue weighted by atomic mass is 32.1. The van der Waals surface area contributed by atoms with E-state index in [9.17, 15) is 19.5 Å². The summed E-state index contributed by atoms with van der Waals surface area (Å²) in [6, 6.07) is 15.9. The predicted molar refractivity (Wildman–Crippen MR) is 141 cm³/mol. The van der Waals surface area contributed by atoms with Crippen molar-refractivity contribution < 1.29 is 19.5 Å². The second kappa shape index (κ2) is 10.3.